The van der Waals surface area contributed by atoms with Crippen LogP contribution in [-0.2, 0) is 6.54 Å². The average molecular weight is 611 g/mol. The van der Waals surface area contributed by atoms with Crippen LogP contribution in [0.15, 0.2) is 84.6 Å². The maximum absolute atomic E-state index is 13.4. The molecule has 0 saturated carbocycles. The number of nitrogens with one attached hydrogen (secondary N) is 4. The largest absolute Gasteiger partial charge is 0.369 e. The first-order valence-corrected chi connectivity index (χ1v) is 15.3. The van der Waals surface area contributed by atoms with Crippen LogP contribution in [0, 0.1) is 5.82 Å². The molecule has 1 unspecified atom stereocenters. The van der Waals surface area contributed by atoms with Gasteiger partial charge in [-0.3, -0.25) is 9.69 Å². The van der Waals surface area contributed by atoms with Crippen molar-refractivity contribution in [2.75, 3.05) is 61.4 Å². The molecule has 0 spiro atoms. The van der Waals surface area contributed by atoms with Crippen LogP contribution in [0.3, 0.4) is 0 Å². The van der Waals surface area contributed by atoms with Crippen LogP contribution < -0.4 is 36.8 Å². The van der Waals surface area contributed by atoms with E-state index in [2.05, 4.69) is 44.2 Å². The lowest BCUT2D eigenvalue weighted by molar-refractivity contribution is 0.102. The Hall–Kier alpha value is -4.71. The number of benzene rings is 3. The molecule has 6 N–H and O–H groups in total. The van der Waals surface area contributed by atoms with Gasteiger partial charge in [0, 0.05) is 72.7 Å². The molecule has 3 amide bonds. The Kier molecular flexibility index (Phi) is 9.11. The number of anilines is 3. The van der Waals surface area contributed by atoms with Gasteiger partial charge < -0.3 is 36.8 Å². The molecule has 1 saturated heterocycles. The van der Waals surface area contributed by atoms with E-state index in [4.69, 9.17) is 5.73 Å². The summed E-state index contributed by atoms with van der Waals surface area (Å²) in [7, 11) is 2.07. The molecule has 6 rings (SSSR count). The van der Waals surface area contributed by atoms with Crippen molar-refractivity contribution in [1.29, 1.82) is 0 Å². The third-order valence-corrected chi connectivity index (χ3v) is 8.20. The summed E-state index contributed by atoms with van der Waals surface area (Å²) >= 11 is 0. The zero-order valence-corrected chi connectivity index (χ0v) is 25.4. The number of urea groups is 1. The van der Waals surface area contributed by atoms with Crippen molar-refractivity contribution in [3.8, 4) is 0 Å². The van der Waals surface area contributed by atoms with Crippen molar-refractivity contribution < 1.29 is 14.0 Å². The quantitative estimate of drug-likeness (QED) is 0.238. The van der Waals surface area contributed by atoms with Crippen molar-refractivity contribution in [3.05, 3.63) is 107 Å². The van der Waals surface area contributed by atoms with Gasteiger partial charge in [0.25, 0.3) is 5.91 Å². The fourth-order valence-corrected chi connectivity index (χ4v) is 5.77. The lowest BCUT2D eigenvalue weighted by atomic mass is 10.0. The first-order valence-electron chi connectivity index (χ1n) is 15.3. The fraction of sp³-hybridized carbons (Fsp3) is 0.294. The molecule has 3 aromatic carbocycles. The van der Waals surface area contributed by atoms with E-state index in [1.165, 1.54) is 24.3 Å². The minimum absolute atomic E-state index is 0.229. The number of carbonyl (C=O) groups excluding carboxylic acids is 2. The van der Waals surface area contributed by atoms with E-state index in [9.17, 15) is 14.0 Å². The molecule has 1 fully saturated rings. The Bertz CT molecular complexity index is 1600. The van der Waals surface area contributed by atoms with Gasteiger partial charge in [-0.05, 0) is 92.8 Å². The van der Waals surface area contributed by atoms with E-state index in [-0.39, 0.29) is 17.8 Å². The zero-order valence-electron chi connectivity index (χ0n) is 25.4. The van der Waals surface area contributed by atoms with Crippen molar-refractivity contribution in [2.24, 2.45) is 5.73 Å². The van der Waals surface area contributed by atoms with Gasteiger partial charge in [0.2, 0.25) is 0 Å². The lowest BCUT2D eigenvalue weighted by Crippen LogP contribution is -2.51. The van der Waals surface area contributed by atoms with Gasteiger partial charge in [0.05, 0.1) is 5.69 Å². The molecule has 10 nitrogen and oxygen atoms in total. The normalized spacial score (nSPS) is 17.8. The number of halogens is 1. The minimum atomic E-state index is -0.390. The summed E-state index contributed by atoms with van der Waals surface area (Å²) in [5, 5.41) is 12.7. The highest BCUT2D eigenvalue weighted by Gasteiger charge is 2.31. The molecule has 3 aromatic rings. The van der Waals surface area contributed by atoms with Gasteiger partial charge >= 0.3 is 6.03 Å². The van der Waals surface area contributed by atoms with Crippen molar-refractivity contribution in [1.82, 2.24) is 20.9 Å². The monoisotopic (exact) mass is 610 g/mol. The second-order valence-electron chi connectivity index (χ2n) is 11.6. The van der Waals surface area contributed by atoms with E-state index < -0.39 is 6.17 Å². The highest BCUT2D eigenvalue weighted by Crippen LogP contribution is 2.31. The van der Waals surface area contributed by atoms with Gasteiger partial charge in [-0.2, -0.15) is 0 Å². The number of amides is 3. The van der Waals surface area contributed by atoms with Crippen molar-refractivity contribution in [3.63, 3.8) is 0 Å². The summed E-state index contributed by atoms with van der Waals surface area (Å²) in [6.07, 6.45) is 4.43. The number of rotatable bonds is 10. The predicted octanol–water partition coefficient (Wildman–Crippen LogP) is 3.65. The van der Waals surface area contributed by atoms with Crippen molar-refractivity contribution >= 4 is 34.7 Å². The van der Waals surface area contributed by atoms with Crippen LogP contribution in [-0.4, -0.2) is 69.3 Å². The molecule has 11 heteroatoms. The zero-order chi connectivity index (χ0) is 31.3. The van der Waals surface area contributed by atoms with E-state index in [1.54, 1.807) is 4.90 Å². The molecule has 45 heavy (non-hydrogen) atoms. The predicted molar refractivity (Wildman–Crippen MR) is 176 cm³/mol. The van der Waals surface area contributed by atoms with Crippen LogP contribution in [0.2, 0.25) is 0 Å². The Balaban J connectivity index is 1.25. The third kappa shape index (κ3) is 7.17. The van der Waals surface area contributed by atoms with Crippen LogP contribution in [0.5, 0.6) is 0 Å². The van der Waals surface area contributed by atoms with Crippen LogP contribution in [0.25, 0.3) is 5.70 Å². The Morgan fingerprint density at radius 3 is 2.51 bits per heavy atom. The topological polar surface area (TPSA) is 118 Å². The molecular weight excluding hydrogens is 571 g/mol. The van der Waals surface area contributed by atoms with Crippen LogP contribution in [0.1, 0.15) is 27.9 Å². The van der Waals surface area contributed by atoms with Crippen LogP contribution >= 0.6 is 0 Å². The van der Waals surface area contributed by atoms with E-state index >= 15 is 0 Å². The summed E-state index contributed by atoms with van der Waals surface area (Å²) in [6, 6.07) is 19.3. The van der Waals surface area contributed by atoms with E-state index in [1.807, 2.05) is 48.7 Å². The molecule has 0 radical (unpaired) electrons. The average Bonchev–Trinajstić information content (AvgIpc) is 3.48. The number of nitrogens with two attached hydrogens (primary N) is 1. The number of piperazine rings is 1. The van der Waals surface area contributed by atoms with Gasteiger partial charge in [0.1, 0.15) is 12.0 Å². The molecule has 3 aliphatic rings. The second-order valence-corrected chi connectivity index (χ2v) is 11.6. The second kappa shape index (κ2) is 13.5. The number of carbonyl (C=O) groups is 2. The van der Waals surface area contributed by atoms with Gasteiger partial charge in [-0.15, -0.1) is 0 Å². The summed E-state index contributed by atoms with van der Waals surface area (Å²) < 4.78 is 13.4. The van der Waals surface area contributed by atoms with Gasteiger partial charge in [0.15, 0.2) is 0 Å². The first kappa shape index (κ1) is 30.3. The number of nitrogens with zero attached hydrogens (tertiary/aromatic N) is 3. The van der Waals surface area contributed by atoms with Gasteiger partial charge in [-0.25, -0.2) is 9.18 Å². The summed E-state index contributed by atoms with van der Waals surface area (Å²) in [6.45, 7) is 5.75. The van der Waals surface area contributed by atoms with E-state index in [0.717, 1.165) is 79.5 Å². The molecule has 3 aliphatic heterocycles. The maximum Gasteiger partial charge on any atom is 0.327 e. The lowest BCUT2D eigenvalue weighted by Gasteiger charge is -2.30. The first-order chi connectivity index (χ1) is 21.9. The minimum Gasteiger partial charge on any atom is -0.369 e. The number of fused-ring (bicyclic) bond motifs is 1. The van der Waals surface area contributed by atoms with Gasteiger partial charge in [-0.1, -0.05) is 12.1 Å². The van der Waals surface area contributed by atoms with E-state index in [0.29, 0.717) is 17.8 Å². The van der Waals surface area contributed by atoms with Crippen molar-refractivity contribution in [2.45, 2.75) is 19.1 Å². The molecule has 3 heterocycles. The molecule has 0 aliphatic carbocycles. The smallest absolute Gasteiger partial charge is 0.327 e. The summed E-state index contributed by atoms with van der Waals surface area (Å²) in [4.78, 5) is 32.6. The molecule has 1 atom stereocenters. The Morgan fingerprint density at radius 2 is 1.78 bits per heavy atom. The Morgan fingerprint density at radius 1 is 1.02 bits per heavy atom. The molecular formula is C34H39FN8O2. The number of hydrogen-bond acceptors (Lipinski definition) is 7. The van der Waals surface area contributed by atoms with Crippen LogP contribution in [0.4, 0.5) is 26.2 Å². The number of hydrogen-bond donors (Lipinski definition) is 5. The Labute approximate surface area is 262 Å². The highest BCUT2D eigenvalue weighted by atomic mass is 19.1. The SMILES string of the molecule is CN(CCCN)Cc1ccc(N2C=C3C=C(c4cc(C(=O)Nc5ccc(F)cc5)cc(N5CCNCC5)c4)NC3NC2=O)cc1. The fourth-order valence-electron chi connectivity index (χ4n) is 5.77. The summed E-state index contributed by atoms with van der Waals surface area (Å²) in [5.74, 6) is -0.654. The standard InChI is InChI=1S/C34H39FN8O2/c1-41(14-2-11-36)21-23-3-9-29(10-4-23)43-22-26-20-31(39-32(26)40-34(43)45)24-17-25(19-30(18-24)42-15-12-37-13-16-42)33(44)38-28-7-5-27(35)6-8-28/h3-10,17-20,22,32,37,39H,2,11-16,21,36H2,1H3,(H,38,44)(H,40,45). The third-order valence-electron chi connectivity index (χ3n) is 8.20. The maximum atomic E-state index is 13.4. The summed E-state index contributed by atoms with van der Waals surface area (Å²) in [5.41, 5.74) is 12.0. The molecule has 234 valence electrons. The highest BCUT2D eigenvalue weighted by molar-refractivity contribution is 6.05. The molecule has 0 bridgehead atoms. The molecule has 0 aromatic heterocycles.